The van der Waals surface area contributed by atoms with E-state index in [0.29, 0.717) is 12.1 Å². The van der Waals surface area contributed by atoms with E-state index in [1.54, 1.807) is 0 Å². The van der Waals surface area contributed by atoms with E-state index in [9.17, 15) is 4.79 Å². The van der Waals surface area contributed by atoms with Crippen LogP contribution in [0.4, 0.5) is 0 Å². The zero-order valence-corrected chi connectivity index (χ0v) is 14.5. The summed E-state index contributed by atoms with van der Waals surface area (Å²) in [5.74, 6) is 0.899. The molecule has 2 unspecified atom stereocenters. The number of rotatable bonds is 5. The number of halogens is 1. The molecule has 2 atom stereocenters. The van der Waals surface area contributed by atoms with Gasteiger partial charge in [-0.1, -0.05) is 13.8 Å². The largest absolute Gasteiger partial charge is 0.491 e. The molecule has 1 aliphatic heterocycles. The molecule has 1 heterocycles. The molecule has 1 amide bonds. The summed E-state index contributed by atoms with van der Waals surface area (Å²) >= 11 is 0. The average Bonchev–Trinajstić information content (AvgIpc) is 2.90. The van der Waals surface area contributed by atoms with E-state index in [-0.39, 0.29) is 29.8 Å². The van der Waals surface area contributed by atoms with Gasteiger partial charge in [-0.05, 0) is 56.0 Å². The molecule has 1 aliphatic rings. The second kappa shape index (κ2) is 7.84. The van der Waals surface area contributed by atoms with Gasteiger partial charge in [0.05, 0.1) is 6.10 Å². The van der Waals surface area contributed by atoms with Crippen LogP contribution in [0, 0.1) is 5.41 Å². The molecule has 0 aliphatic carbocycles. The van der Waals surface area contributed by atoms with Crippen molar-refractivity contribution in [2.75, 3.05) is 19.6 Å². The van der Waals surface area contributed by atoms with Gasteiger partial charge in [0.25, 0.3) is 5.91 Å². The quantitative estimate of drug-likeness (QED) is 0.904. The van der Waals surface area contributed by atoms with Crippen molar-refractivity contribution in [1.82, 2.24) is 4.90 Å². The third-order valence-corrected chi connectivity index (χ3v) is 4.35. The molecule has 1 aromatic rings. The van der Waals surface area contributed by atoms with Gasteiger partial charge >= 0.3 is 0 Å². The summed E-state index contributed by atoms with van der Waals surface area (Å²) in [6.07, 6.45) is 2.13. The highest BCUT2D eigenvalue weighted by Gasteiger charge is 2.35. The fraction of sp³-hybridized carbons (Fsp3) is 0.588. The topological polar surface area (TPSA) is 55.6 Å². The van der Waals surface area contributed by atoms with Crippen molar-refractivity contribution >= 4 is 18.3 Å². The minimum atomic E-state index is 0. The second-order valence-corrected chi connectivity index (χ2v) is 6.35. The van der Waals surface area contributed by atoms with Crippen LogP contribution >= 0.6 is 12.4 Å². The molecule has 2 rings (SSSR count). The third kappa shape index (κ3) is 4.37. The molecule has 0 saturated carbocycles. The van der Waals surface area contributed by atoms with Gasteiger partial charge < -0.3 is 15.4 Å². The van der Waals surface area contributed by atoms with Gasteiger partial charge in [0.15, 0.2) is 0 Å². The maximum absolute atomic E-state index is 12.5. The number of amides is 1. The molecule has 1 saturated heterocycles. The van der Waals surface area contributed by atoms with Gasteiger partial charge in [-0.2, -0.15) is 0 Å². The van der Waals surface area contributed by atoms with E-state index in [4.69, 9.17) is 10.5 Å². The highest BCUT2D eigenvalue weighted by molar-refractivity contribution is 5.94. The molecule has 0 spiro atoms. The first-order valence-corrected chi connectivity index (χ1v) is 7.73. The number of hydrogen-bond donors (Lipinski definition) is 1. The van der Waals surface area contributed by atoms with Crippen LogP contribution in [0.1, 0.15) is 44.0 Å². The van der Waals surface area contributed by atoms with Gasteiger partial charge in [-0.15, -0.1) is 12.4 Å². The summed E-state index contributed by atoms with van der Waals surface area (Å²) in [7, 11) is 0. The summed E-state index contributed by atoms with van der Waals surface area (Å²) in [5, 5.41) is 0. The molecule has 5 heteroatoms. The molecule has 124 valence electrons. The number of carbonyl (C=O) groups is 1. The molecule has 1 aromatic carbocycles. The van der Waals surface area contributed by atoms with E-state index in [1.807, 2.05) is 36.1 Å². The predicted octanol–water partition coefficient (Wildman–Crippen LogP) is 3.10. The number of likely N-dealkylation sites (tertiary alicyclic amines) is 1. The van der Waals surface area contributed by atoms with Crippen molar-refractivity contribution in [3.05, 3.63) is 29.8 Å². The van der Waals surface area contributed by atoms with Crippen LogP contribution in [0.2, 0.25) is 0 Å². The number of nitrogens with zero attached hydrogens (tertiary/aromatic N) is 1. The highest BCUT2D eigenvalue weighted by Crippen LogP contribution is 2.29. The Bertz CT molecular complexity index is 492. The first kappa shape index (κ1) is 18.8. The SMILES string of the molecule is CCC(C)Oc1ccc(C(=O)N2CCC(C)(CN)C2)cc1.Cl. The molecule has 0 aromatic heterocycles. The normalized spacial score (nSPS) is 22.1. The molecule has 4 nitrogen and oxygen atoms in total. The van der Waals surface area contributed by atoms with Gasteiger partial charge in [0.1, 0.15) is 5.75 Å². The number of hydrogen-bond acceptors (Lipinski definition) is 3. The monoisotopic (exact) mass is 326 g/mol. The lowest BCUT2D eigenvalue weighted by Gasteiger charge is -2.22. The van der Waals surface area contributed by atoms with Crippen LogP contribution in [0.15, 0.2) is 24.3 Å². The van der Waals surface area contributed by atoms with Crippen LogP contribution in [0.3, 0.4) is 0 Å². The Hall–Kier alpha value is -1.26. The Morgan fingerprint density at radius 3 is 2.55 bits per heavy atom. The van der Waals surface area contributed by atoms with E-state index < -0.39 is 0 Å². The van der Waals surface area contributed by atoms with Gasteiger partial charge in [-0.3, -0.25) is 4.79 Å². The lowest BCUT2D eigenvalue weighted by atomic mass is 9.90. The summed E-state index contributed by atoms with van der Waals surface area (Å²) < 4.78 is 5.73. The zero-order valence-electron chi connectivity index (χ0n) is 13.7. The van der Waals surface area contributed by atoms with Crippen molar-refractivity contribution in [3.8, 4) is 5.75 Å². The molecule has 0 radical (unpaired) electrons. The lowest BCUT2D eigenvalue weighted by molar-refractivity contribution is 0.0777. The maximum Gasteiger partial charge on any atom is 0.253 e. The van der Waals surface area contributed by atoms with E-state index in [1.165, 1.54) is 0 Å². The van der Waals surface area contributed by atoms with Crippen molar-refractivity contribution in [2.24, 2.45) is 11.1 Å². The van der Waals surface area contributed by atoms with Crippen LogP contribution in [0.25, 0.3) is 0 Å². The Labute approximate surface area is 139 Å². The third-order valence-electron chi connectivity index (χ3n) is 4.35. The molecule has 1 fully saturated rings. The smallest absolute Gasteiger partial charge is 0.253 e. The minimum absolute atomic E-state index is 0. The first-order chi connectivity index (χ1) is 9.97. The van der Waals surface area contributed by atoms with E-state index in [2.05, 4.69) is 13.8 Å². The van der Waals surface area contributed by atoms with Crippen molar-refractivity contribution < 1.29 is 9.53 Å². The molecular weight excluding hydrogens is 300 g/mol. The van der Waals surface area contributed by atoms with E-state index >= 15 is 0 Å². The Morgan fingerprint density at radius 1 is 1.41 bits per heavy atom. The number of ether oxygens (including phenoxy) is 1. The van der Waals surface area contributed by atoms with Crippen LogP contribution < -0.4 is 10.5 Å². The van der Waals surface area contributed by atoms with Crippen LogP contribution in [-0.2, 0) is 0 Å². The highest BCUT2D eigenvalue weighted by atomic mass is 35.5. The van der Waals surface area contributed by atoms with Gasteiger partial charge in [-0.25, -0.2) is 0 Å². The Kier molecular flexibility index (Phi) is 6.69. The molecule has 0 bridgehead atoms. The number of nitrogens with two attached hydrogens (primary N) is 1. The number of carbonyl (C=O) groups excluding carboxylic acids is 1. The lowest BCUT2D eigenvalue weighted by Crippen LogP contribution is -2.34. The average molecular weight is 327 g/mol. The van der Waals surface area contributed by atoms with Crippen molar-refractivity contribution in [3.63, 3.8) is 0 Å². The van der Waals surface area contributed by atoms with Crippen molar-refractivity contribution in [1.29, 1.82) is 0 Å². The van der Waals surface area contributed by atoms with Gasteiger partial charge in [0.2, 0.25) is 0 Å². The fourth-order valence-electron chi connectivity index (χ4n) is 2.54. The standard InChI is InChI=1S/C17H26N2O2.ClH/c1-4-13(2)21-15-7-5-14(6-8-15)16(20)19-10-9-17(3,11-18)12-19;/h5-8,13H,4,9-12,18H2,1-3H3;1H. The maximum atomic E-state index is 12.5. The fourth-order valence-corrected chi connectivity index (χ4v) is 2.54. The number of benzene rings is 1. The Morgan fingerprint density at radius 2 is 2.05 bits per heavy atom. The van der Waals surface area contributed by atoms with Crippen LogP contribution in [-0.4, -0.2) is 36.5 Å². The Balaban J connectivity index is 0.00000242. The summed E-state index contributed by atoms with van der Waals surface area (Å²) in [6.45, 7) is 8.42. The molecule has 2 N–H and O–H groups in total. The summed E-state index contributed by atoms with van der Waals surface area (Å²) in [6, 6.07) is 7.44. The summed E-state index contributed by atoms with van der Waals surface area (Å²) in [5.41, 5.74) is 6.57. The summed E-state index contributed by atoms with van der Waals surface area (Å²) in [4.78, 5) is 14.4. The van der Waals surface area contributed by atoms with Crippen LogP contribution in [0.5, 0.6) is 5.75 Å². The minimum Gasteiger partial charge on any atom is -0.491 e. The second-order valence-electron chi connectivity index (χ2n) is 6.35. The zero-order chi connectivity index (χ0) is 15.5. The van der Waals surface area contributed by atoms with E-state index in [0.717, 1.165) is 31.7 Å². The molecule has 22 heavy (non-hydrogen) atoms. The first-order valence-electron chi connectivity index (χ1n) is 7.73. The van der Waals surface area contributed by atoms with Gasteiger partial charge in [0, 0.05) is 18.7 Å². The predicted molar refractivity (Wildman–Crippen MR) is 91.8 cm³/mol. The molecular formula is C17H27ClN2O2. The van der Waals surface area contributed by atoms with Crippen molar-refractivity contribution in [2.45, 2.75) is 39.7 Å².